The molecule has 0 radical (unpaired) electrons. The Kier molecular flexibility index (Phi) is 4.93. The molecule has 0 fully saturated rings. The summed E-state index contributed by atoms with van der Waals surface area (Å²) in [6.45, 7) is 0.509. The zero-order valence-electron chi connectivity index (χ0n) is 8.85. The molecule has 1 aromatic heterocycles. The number of nitrogens with zero attached hydrogens (tertiary/aromatic N) is 1. The fraction of sp³-hybridized carbons (Fsp3) is 0.455. The normalized spacial score (nSPS) is 12.4. The Bertz CT molecular complexity index is 301. The summed E-state index contributed by atoms with van der Waals surface area (Å²) in [5.74, 6) is 0.00532. The van der Waals surface area contributed by atoms with Gasteiger partial charge in [0.05, 0.1) is 12.5 Å². The summed E-state index contributed by atoms with van der Waals surface area (Å²) in [4.78, 5) is 15.7. The summed E-state index contributed by atoms with van der Waals surface area (Å²) in [5.41, 5.74) is 6.45. The van der Waals surface area contributed by atoms with Crippen molar-refractivity contribution in [2.75, 3.05) is 13.7 Å². The van der Waals surface area contributed by atoms with Crippen LogP contribution in [-0.2, 0) is 16.0 Å². The number of carbonyl (C=O) groups excluding carboxylic acids is 1. The number of ether oxygens (including phenoxy) is 1. The van der Waals surface area contributed by atoms with Gasteiger partial charge in [0.25, 0.3) is 0 Å². The second-order valence-corrected chi connectivity index (χ2v) is 3.35. The number of rotatable bonds is 6. The van der Waals surface area contributed by atoms with Crippen molar-refractivity contribution < 1.29 is 9.53 Å². The highest BCUT2D eigenvalue weighted by atomic mass is 16.5. The maximum atomic E-state index is 11.6. The zero-order valence-corrected chi connectivity index (χ0v) is 8.85. The third-order valence-electron chi connectivity index (χ3n) is 2.13. The number of aromatic nitrogens is 1. The van der Waals surface area contributed by atoms with Gasteiger partial charge in [0.1, 0.15) is 0 Å². The predicted octanol–water partition coefficient (Wildman–Crippen LogP) is 0.557. The van der Waals surface area contributed by atoms with E-state index in [1.54, 1.807) is 13.3 Å². The molecule has 0 spiro atoms. The van der Waals surface area contributed by atoms with Crippen LogP contribution < -0.4 is 5.73 Å². The fourth-order valence-corrected chi connectivity index (χ4v) is 1.22. The van der Waals surface area contributed by atoms with E-state index in [9.17, 15) is 4.79 Å². The number of pyridine rings is 1. The number of nitrogens with two attached hydrogens (primary N) is 1. The van der Waals surface area contributed by atoms with Gasteiger partial charge in [-0.2, -0.15) is 0 Å². The molecular formula is C11H16N2O2. The van der Waals surface area contributed by atoms with Crippen LogP contribution >= 0.6 is 0 Å². The van der Waals surface area contributed by atoms with E-state index in [0.29, 0.717) is 19.4 Å². The molecule has 1 rings (SSSR count). The van der Waals surface area contributed by atoms with E-state index in [4.69, 9.17) is 10.5 Å². The number of carbonyl (C=O) groups is 1. The monoisotopic (exact) mass is 208 g/mol. The Morgan fingerprint density at radius 2 is 2.40 bits per heavy atom. The van der Waals surface area contributed by atoms with Crippen LogP contribution in [0.15, 0.2) is 24.4 Å². The van der Waals surface area contributed by atoms with E-state index in [2.05, 4.69) is 4.98 Å². The van der Waals surface area contributed by atoms with Crippen LogP contribution in [0.1, 0.15) is 12.1 Å². The fourth-order valence-electron chi connectivity index (χ4n) is 1.22. The van der Waals surface area contributed by atoms with Gasteiger partial charge in [0, 0.05) is 25.6 Å². The molecule has 4 heteroatoms. The van der Waals surface area contributed by atoms with Crippen LogP contribution in [0, 0.1) is 0 Å². The van der Waals surface area contributed by atoms with Gasteiger partial charge >= 0.3 is 0 Å². The van der Waals surface area contributed by atoms with Crippen molar-refractivity contribution in [2.45, 2.75) is 18.9 Å². The maximum absolute atomic E-state index is 11.6. The summed E-state index contributed by atoms with van der Waals surface area (Å²) in [6.07, 6.45) is 2.52. The van der Waals surface area contributed by atoms with Gasteiger partial charge in [-0.25, -0.2) is 0 Å². The lowest BCUT2D eigenvalue weighted by molar-refractivity contribution is -0.120. The highest BCUT2D eigenvalue weighted by molar-refractivity contribution is 5.85. The molecule has 0 amide bonds. The molecular weight excluding hydrogens is 192 g/mol. The van der Waals surface area contributed by atoms with Gasteiger partial charge < -0.3 is 10.5 Å². The molecule has 0 saturated carbocycles. The van der Waals surface area contributed by atoms with Crippen molar-refractivity contribution in [1.29, 1.82) is 0 Å². The second-order valence-electron chi connectivity index (χ2n) is 3.35. The molecule has 0 saturated heterocycles. The lowest BCUT2D eigenvalue weighted by atomic mass is 10.1. The summed E-state index contributed by atoms with van der Waals surface area (Å²) in [5, 5.41) is 0. The molecule has 1 unspecified atom stereocenters. The molecule has 0 aliphatic carbocycles. The Labute approximate surface area is 89.5 Å². The van der Waals surface area contributed by atoms with E-state index < -0.39 is 6.04 Å². The summed E-state index contributed by atoms with van der Waals surface area (Å²) in [6, 6.07) is 5.04. The number of hydrogen-bond acceptors (Lipinski definition) is 4. The molecule has 4 nitrogen and oxygen atoms in total. The Hall–Kier alpha value is -1.26. The van der Waals surface area contributed by atoms with Crippen LogP contribution in [0.2, 0.25) is 0 Å². The highest BCUT2D eigenvalue weighted by Gasteiger charge is 2.13. The summed E-state index contributed by atoms with van der Waals surface area (Å²) < 4.78 is 4.87. The quantitative estimate of drug-likeness (QED) is 0.741. The molecule has 0 bridgehead atoms. The first kappa shape index (κ1) is 11.8. The molecule has 0 aliphatic heterocycles. The lowest BCUT2D eigenvalue weighted by Crippen LogP contribution is -2.33. The molecule has 1 heterocycles. The molecule has 2 N–H and O–H groups in total. The van der Waals surface area contributed by atoms with E-state index in [1.807, 2.05) is 18.2 Å². The topological polar surface area (TPSA) is 65.2 Å². The van der Waals surface area contributed by atoms with Gasteiger partial charge in [-0.15, -0.1) is 0 Å². The van der Waals surface area contributed by atoms with Crippen LogP contribution in [0.3, 0.4) is 0 Å². The highest BCUT2D eigenvalue weighted by Crippen LogP contribution is 2.00. The van der Waals surface area contributed by atoms with E-state index in [-0.39, 0.29) is 5.78 Å². The second kappa shape index (κ2) is 6.27. The number of methoxy groups -OCH3 is 1. The third-order valence-corrected chi connectivity index (χ3v) is 2.13. The van der Waals surface area contributed by atoms with Crippen molar-refractivity contribution in [3.05, 3.63) is 30.1 Å². The molecule has 0 aliphatic rings. The van der Waals surface area contributed by atoms with Crippen molar-refractivity contribution >= 4 is 5.78 Å². The SMILES string of the molecule is COCCC(N)C(=O)Cc1ccccn1. The third kappa shape index (κ3) is 4.18. The van der Waals surface area contributed by atoms with Gasteiger partial charge in [-0.1, -0.05) is 6.07 Å². The average molecular weight is 208 g/mol. The molecule has 82 valence electrons. The van der Waals surface area contributed by atoms with Crippen molar-refractivity contribution in [1.82, 2.24) is 4.98 Å². The van der Waals surface area contributed by atoms with Gasteiger partial charge in [-0.05, 0) is 18.6 Å². The first-order valence-corrected chi connectivity index (χ1v) is 4.91. The van der Waals surface area contributed by atoms with Gasteiger partial charge in [0.15, 0.2) is 5.78 Å². The van der Waals surface area contributed by atoms with E-state index >= 15 is 0 Å². The lowest BCUT2D eigenvalue weighted by Gasteiger charge is -2.09. The van der Waals surface area contributed by atoms with Crippen molar-refractivity contribution in [3.8, 4) is 0 Å². The molecule has 0 aromatic carbocycles. The summed E-state index contributed by atoms with van der Waals surface area (Å²) >= 11 is 0. The standard InChI is InChI=1S/C11H16N2O2/c1-15-7-5-10(12)11(14)8-9-4-2-3-6-13-9/h2-4,6,10H,5,7-8,12H2,1H3. The van der Waals surface area contributed by atoms with Crippen LogP contribution in [-0.4, -0.2) is 30.5 Å². The Balaban J connectivity index is 2.42. The Morgan fingerprint density at radius 3 is 3.00 bits per heavy atom. The van der Waals surface area contributed by atoms with Crippen molar-refractivity contribution in [3.63, 3.8) is 0 Å². The van der Waals surface area contributed by atoms with Crippen LogP contribution in [0.5, 0.6) is 0 Å². The van der Waals surface area contributed by atoms with E-state index in [0.717, 1.165) is 5.69 Å². The predicted molar refractivity (Wildman–Crippen MR) is 57.4 cm³/mol. The first-order valence-electron chi connectivity index (χ1n) is 4.91. The first-order chi connectivity index (χ1) is 7.24. The largest absolute Gasteiger partial charge is 0.385 e. The maximum Gasteiger partial charge on any atom is 0.155 e. The van der Waals surface area contributed by atoms with Crippen LogP contribution in [0.4, 0.5) is 0 Å². The van der Waals surface area contributed by atoms with E-state index in [1.165, 1.54) is 0 Å². The number of ketones is 1. The zero-order chi connectivity index (χ0) is 11.1. The number of Topliss-reactive ketones (excluding diaryl/α,β-unsaturated/α-hetero) is 1. The van der Waals surface area contributed by atoms with Crippen LogP contribution in [0.25, 0.3) is 0 Å². The number of hydrogen-bond donors (Lipinski definition) is 1. The average Bonchev–Trinajstić information content (AvgIpc) is 2.27. The minimum atomic E-state index is -0.452. The minimum Gasteiger partial charge on any atom is -0.385 e. The van der Waals surface area contributed by atoms with Gasteiger partial charge in [0.2, 0.25) is 0 Å². The molecule has 1 aromatic rings. The Morgan fingerprint density at radius 1 is 1.60 bits per heavy atom. The molecule has 15 heavy (non-hydrogen) atoms. The summed E-state index contributed by atoms with van der Waals surface area (Å²) in [7, 11) is 1.59. The molecule has 1 atom stereocenters. The van der Waals surface area contributed by atoms with Crippen molar-refractivity contribution in [2.24, 2.45) is 5.73 Å². The minimum absolute atomic E-state index is 0.00532. The van der Waals surface area contributed by atoms with Gasteiger partial charge in [-0.3, -0.25) is 9.78 Å². The smallest absolute Gasteiger partial charge is 0.155 e.